The van der Waals surface area contributed by atoms with Crippen LogP contribution in [-0.4, -0.2) is 44.4 Å². The zero-order chi connectivity index (χ0) is 17.0. The summed E-state index contributed by atoms with van der Waals surface area (Å²) in [5.41, 5.74) is 0.602. The van der Waals surface area contributed by atoms with Crippen LogP contribution in [0.4, 0.5) is 5.69 Å². The van der Waals surface area contributed by atoms with Crippen molar-refractivity contribution < 1.29 is 17.9 Å². The Morgan fingerprint density at radius 1 is 1.35 bits per heavy atom. The zero-order valence-corrected chi connectivity index (χ0v) is 14.6. The van der Waals surface area contributed by atoms with E-state index in [0.29, 0.717) is 31.9 Å². The molecule has 128 valence electrons. The van der Waals surface area contributed by atoms with Crippen LogP contribution in [0.3, 0.4) is 0 Å². The molecule has 23 heavy (non-hydrogen) atoms. The second kappa shape index (κ2) is 7.42. The third-order valence-electron chi connectivity index (χ3n) is 3.64. The van der Waals surface area contributed by atoms with Gasteiger partial charge in [-0.25, -0.2) is 8.42 Å². The zero-order valence-electron chi connectivity index (χ0n) is 13.8. The van der Waals surface area contributed by atoms with Crippen LogP contribution in [0.1, 0.15) is 27.2 Å². The molecule has 0 aliphatic carbocycles. The molecule has 7 heteroatoms. The van der Waals surface area contributed by atoms with Gasteiger partial charge in [0.05, 0.1) is 18.1 Å². The van der Waals surface area contributed by atoms with Gasteiger partial charge in [0.25, 0.3) is 0 Å². The van der Waals surface area contributed by atoms with Gasteiger partial charge in [-0.05, 0) is 37.1 Å². The van der Waals surface area contributed by atoms with E-state index in [0.717, 1.165) is 0 Å². The summed E-state index contributed by atoms with van der Waals surface area (Å²) in [6.45, 7) is 6.95. The van der Waals surface area contributed by atoms with Gasteiger partial charge >= 0.3 is 0 Å². The molecule has 1 aliphatic rings. The van der Waals surface area contributed by atoms with Gasteiger partial charge < -0.3 is 10.1 Å². The fourth-order valence-electron chi connectivity index (χ4n) is 2.50. The smallest absolute Gasteiger partial charge is 0.243 e. The van der Waals surface area contributed by atoms with E-state index in [1.165, 1.54) is 16.4 Å². The first-order valence-corrected chi connectivity index (χ1v) is 9.24. The third kappa shape index (κ3) is 4.53. The summed E-state index contributed by atoms with van der Waals surface area (Å²) < 4.78 is 32.1. The van der Waals surface area contributed by atoms with Crippen LogP contribution >= 0.6 is 0 Å². The molecule has 0 saturated carbocycles. The number of morpholine rings is 1. The van der Waals surface area contributed by atoms with Gasteiger partial charge in [-0.2, -0.15) is 4.31 Å². The molecule has 6 nitrogen and oxygen atoms in total. The third-order valence-corrected chi connectivity index (χ3v) is 5.67. The number of nitrogens with zero attached hydrogens (tertiary/aromatic N) is 1. The van der Waals surface area contributed by atoms with E-state index in [-0.39, 0.29) is 22.8 Å². The van der Waals surface area contributed by atoms with Crippen molar-refractivity contribution in [3.05, 3.63) is 24.3 Å². The monoisotopic (exact) mass is 340 g/mol. The van der Waals surface area contributed by atoms with Crippen molar-refractivity contribution in [3.8, 4) is 0 Å². The first kappa shape index (κ1) is 17.9. The number of hydrogen-bond acceptors (Lipinski definition) is 4. The van der Waals surface area contributed by atoms with Crippen molar-refractivity contribution in [1.29, 1.82) is 0 Å². The van der Waals surface area contributed by atoms with Crippen molar-refractivity contribution in [2.45, 2.75) is 38.1 Å². The first-order valence-electron chi connectivity index (χ1n) is 7.80. The number of amides is 1. The number of carbonyl (C=O) groups excluding carboxylic acids is 1. The second-order valence-corrected chi connectivity index (χ2v) is 8.10. The molecule has 1 heterocycles. The highest BCUT2D eigenvalue weighted by Gasteiger charge is 2.31. The van der Waals surface area contributed by atoms with Crippen LogP contribution in [0.2, 0.25) is 0 Å². The molecule has 1 unspecified atom stereocenters. The molecule has 1 amide bonds. The Morgan fingerprint density at radius 3 is 2.57 bits per heavy atom. The Hall–Kier alpha value is -1.44. The first-order chi connectivity index (χ1) is 10.8. The van der Waals surface area contributed by atoms with Gasteiger partial charge in [0.15, 0.2) is 0 Å². The molecule has 1 saturated heterocycles. The maximum atomic E-state index is 12.7. The largest absolute Gasteiger partial charge is 0.378 e. The molecule has 1 aliphatic heterocycles. The molecule has 0 radical (unpaired) electrons. The molecule has 1 atom stereocenters. The number of benzene rings is 1. The Kier molecular flexibility index (Phi) is 5.78. The van der Waals surface area contributed by atoms with Crippen LogP contribution in [0, 0.1) is 5.92 Å². The molecule has 0 spiro atoms. The standard InChI is InChI=1S/C16H24N2O4S/c1-12(2)10-16(19)17-14-4-6-15(7-5-14)23(20,21)18-8-9-22-11-13(18)3/h4-7,12-13H,8-11H2,1-3H3,(H,17,19). The van der Waals surface area contributed by atoms with Gasteiger partial charge in [-0.15, -0.1) is 0 Å². The fourth-order valence-corrected chi connectivity index (χ4v) is 4.10. The summed E-state index contributed by atoms with van der Waals surface area (Å²) in [6.07, 6.45) is 0.436. The van der Waals surface area contributed by atoms with E-state index >= 15 is 0 Å². The minimum absolute atomic E-state index is 0.0718. The predicted octanol–water partition coefficient (Wildman–Crippen LogP) is 2.08. The summed E-state index contributed by atoms with van der Waals surface area (Å²) in [4.78, 5) is 12.0. The number of carbonyl (C=O) groups is 1. The Labute approximate surface area is 137 Å². The van der Waals surface area contributed by atoms with Crippen LogP contribution in [0.25, 0.3) is 0 Å². The van der Waals surface area contributed by atoms with Crippen molar-refractivity contribution in [3.63, 3.8) is 0 Å². The summed E-state index contributed by atoms with van der Waals surface area (Å²) in [5.74, 6) is 0.204. The lowest BCUT2D eigenvalue weighted by Crippen LogP contribution is -2.46. The summed E-state index contributed by atoms with van der Waals surface area (Å²) in [5, 5.41) is 2.77. The van der Waals surface area contributed by atoms with Gasteiger partial charge in [0, 0.05) is 24.7 Å². The summed E-state index contributed by atoms with van der Waals surface area (Å²) in [6, 6.07) is 6.12. The van der Waals surface area contributed by atoms with Crippen LogP contribution in [0.15, 0.2) is 29.2 Å². The van der Waals surface area contributed by atoms with Crippen molar-refractivity contribution in [1.82, 2.24) is 4.31 Å². The molecule has 0 aromatic heterocycles. The van der Waals surface area contributed by atoms with E-state index in [2.05, 4.69) is 5.32 Å². The average Bonchev–Trinajstić information content (AvgIpc) is 2.47. The molecule has 0 bridgehead atoms. The van der Waals surface area contributed by atoms with Crippen LogP contribution < -0.4 is 5.32 Å². The van der Waals surface area contributed by atoms with E-state index < -0.39 is 10.0 Å². The van der Waals surface area contributed by atoms with Gasteiger partial charge in [-0.1, -0.05) is 13.8 Å². The molecular formula is C16H24N2O4S. The van der Waals surface area contributed by atoms with E-state index in [1.54, 1.807) is 12.1 Å². The molecule has 1 aromatic carbocycles. The van der Waals surface area contributed by atoms with E-state index in [1.807, 2.05) is 20.8 Å². The van der Waals surface area contributed by atoms with Crippen LogP contribution in [-0.2, 0) is 19.6 Å². The highest BCUT2D eigenvalue weighted by molar-refractivity contribution is 7.89. The Morgan fingerprint density at radius 2 is 2.00 bits per heavy atom. The Balaban J connectivity index is 2.10. The second-order valence-electron chi connectivity index (χ2n) is 6.21. The lowest BCUT2D eigenvalue weighted by molar-refractivity contribution is -0.116. The maximum Gasteiger partial charge on any atom is 0.243 e. The average molecular weight is 340 g/mol. The predicted molar refractivity (Wildman–Crippen MR) is 88.7 cm³/mol. The highest BCUT2D eigenvalue weighted by Crippen LogP contribution is 2.22. The number of anilines is 1. The van der Waals surface area contributed by atoms with Crippen molar-refractivity contribution >= 4 is 21.6 Å². The number of hydrogen-bond donors (Lipinski definition) is 1. The maximum absolute atomic E-state index is 12.7. The quantitative estimate of drug-likeness (QED) is 0.890. The molecule has 2 rings (SSSR count). The van der Waals surface area contributed by atoms with Crippen LogP contribution in [0.5, 0.6) is 0 Å². The number of rotatable bonds is 5. The molecule has 1 N–H and O–H groups in total. The molecular weight excluding hydrogens is 316 g/mol. The minimum Gasteiger partial charge on any atom is -0.378 e. The lowest BCUT2D eigenvalue weighted by Gasteiger charge is -2.32. The minimum atomic E-state index is -3.53. The topological polar surface area (TPSA) is 75.7 Å². The molecule has 1 aromatic rings. The van der Waals surface area contributed by atoms with Gasteiger partial charge in [0.2, 0.25) is 15.9 Å². The van der Waals surface area contributed by atoms with Gasteiger partial charge in [0.1, 0.15) is 0 Å². The summed E-state index contributed by atoms with van der Waals surface area (Å²) in [7, 11) is -3.53. The number of sulfonamides is 1. The fraction of sp³-hybridized carbons (Fsp3) is 0.562. The van der Waals surface area contributed by atoms with E-state index in [4.69, 9.17) is 4.74 Å². The van der Waals surface area contributed by atoms with Gasteiger partial charge in [-0.3, -0.25) is 4.79 Å². The lowest BCUT2D eigenvalue weighted by atomic mass is 10.1. The van der Waals surface area contributed by atoms with Crippen molar-refractivity contribution in [2.75, 3.05) is 25.1 Å². The highest BCUT2D eigenvalue weighted by atomic mass is 32.2. The number of ether oxygens (including phenoxy) is 1. The SMILES string of the molecule is CC(C)CC(=O)Nc1ccc(S(=O)(=O)N2CCOCC2C)cc1. The number of nitrogens with one attached hydrogen (secondary N) is 1. The normalized spacial score (nSPS) is 19.7. The summed E-state index contributed by atoms with van der Waals surface area (Å²) >= 11 is 0. The Bertz CT molecular complexity index is 641. The molecule has 1 fully saturated rings. The van der Waals surface area contributed by atoms with E-state index in [9.17, 15) is 13.2 Å². The van der Waals surface area contributed by atoms with Crippen molar-refractivity contribution in [2.24, 2.45) is 5.92 Å².